The maximum absolute atomic E-state index is 11.2. The van der Waals surface area contributed by atoms with E-state index in [1.807, 2.05) is 0 Å². The third-order valence-electron chi connectivity index (χ3n) is 2.56. The molecule has 7 nitrogen and oxygen atoms in total. The lowest BCUT2D eigenvalue weighted by molar-refractivity contribution is 0.164. The molecule has 0 aliphatic carbocycles. The second-order valence-electron chi connectivity index (χ2n) is 3.44. The summed E-state index contributed by atoms with van der Waals surface area (Å²) in [7, 11) is -3.61. The highest BCUT2D eigenvalue weighted by molar-refractivity contribution is 7.86. The zero-order valence-electron chi connectivity index (χ0n) is 7.51. The monoisotopic (exact) mass is 220 g/mol. The number of amides is 2. The van der Waals surface area contributed by atoms with Crippen LogP contribution in [0.4, 0.5) is 4.79 Å². The molecule has 1 unspecified atom stereocenters. The van der Waals surface area contributed by atoms with Gasteiger partial charge in [0, 0.05) is 26.2 Å². The number of nitrogens with zero attached hydrogens (tertiary/aromatic N) is 2. The van der Waals surface area contributed by atoms with E-state index >= 15 is 0 Å². The molecule has 2 aliphatic heterocycles. The van der Waals surface area contributed by atoms with Crippen LogP contribution in [0.3, 0.4) is 0 Å². The summed E-state index contributed by atoms with van der Waals surface area (Å²) in [4.78, 5) is 12.8. The van der Waals surface area contributed by atoms with Crippen molar-refractivity contribution in [3.8, 4) is 0 Å². The largest absolute Gasteiger partial charge is 0.336 e. The Morgan fingerprint density at radius 3 is 2.79 bits per heavy atom. The Morgan fingerprint density at radius 1 is 1.43 bits per heavy atom. The molecule has 2 amide bonds. The van der Waals surface area contributed by atoms with Gasteiger partial charge in [-0.25, -0.2) is 9.93 Å². The van der Waals surface area contributed by atoms with Gasteiger partial charge in [0.15, 0.2) is 0 Å². The van der Waals surface area contributed by atoms with E-state index in [-0.39, 0.29) is 25.2 Å². The maximum atomic E-state index is 11.2. The normalized spacial score (nSPS) is 28.8. The van der Waals surface area contributed by atoms with Crippen LogP contribution in [0.5, 0.6) is 0 Å². The Labute approximate surface area is 82.0 Å². The van der Waals surface area contributed by atoms with Gasteiger partial charge in [-0.15, -0.1) is 0 Å². The molecule has 0 bridgehead atoms. The van der Waals surface area contributed by atoms with Crippen LogP contribution < -0.4 is 10.5 Å². The number of hydrogen-bond acceptors (Lipinski definition) is 3. The van der Waals surface area contributed by atoms with E-state index < -0.39 is 10.2 Å². The van der Waals surface area contributed by atoms with E-state index in [1.165, 1.54) is 4.31 Å². The molecule has 8 heteroatoms. The van der Waals surface area contributed by atoms with Crippen molar-refractivity contribution in [2.75, 3.05) is 26.2 Å². The minimum atomic E-state index is -3.61. The zero-order valence-corrected chi connectivity index (χ0v) is 8.33. The van der Waals surface area contributed by atoms with Crippen LogP contribution in [0.1, 0.15) is 0 Å². The molecule has 0 aromatic rings. The Morgan fingerprint density at radius 2 is 2.14 bits per heavy atom. The summed E-state index contributed by atoms with van der Waals surface area (Å²) in [6, 6.07) is -0.196. The number of nitrogens with two attached hydrogens (primary N) is 1. The standard InChI is InChI=1S/C6H12N4O3S/c7-14(12,13)9-1-2-10-5(4-9)3-8-6(10)11/h5H,1-4H2,(H,8,11)(H2,7,12,13). The van der Waals surface area contributed by atoms with Gasteiger partial charge in [-0.05, 0) is 0 Å². The van der Waals surface area contributed by atoms with Crippen LogP contribution in [0.25, 0.3) is 0 Å². The molecule has 2 rings (SSSR count). The molecule has 0 spiro atoms. The van der Waals surface area contributed by atoms with E-state index in [4.69, 9.17) is 5.14 Å². The summed E-state index contributed by atoms with van der Waals surface area (Å²) in [6.45, 7) is 1.47. The van der Waals surface area contributed by atoms with Gasteiger partial charge in [-0.2, -0.15) is 12.7 Å². The van der Waals surface area contributed by atoms with Crippen molar-refractivity contribution in [3.05, 3.63) is 0 Å². The molecule has 2 fully saturated rings. The Hall–Kier alpha value is -0.860. The molecule has 2 saturated heterocycles. The van der Waals surface area contributed by atoms with E-state index in [2.05, 4.69) is 5.32 Å². The topological polar surface area (TPSA) is 95.7 Å². The maximum Gasteiger partial charge on any atom is 0.317 e. The van der Waals surface area contributed by atoms with E-state index in [0.717, 1.165) is 0 Å². The van der Waals surface area contributed by atoms with Gasteiger partial charge in [0.25, 0.3) is 10.2 Å². The Bertz CT molecular complexity index is 354. The fraction of sp³-hybridized carbons (Fsp3) is 0.833. The second kappa shape index (κ2) is 3.07. The SMILES string of the molecule is NS(=O)(=O)N1CCN2C(=O)NCC2C1. The van der Waals surface area contributed by atoms with Crippen molar-refractivity contribution in [3.63, 3.8) is 0 Å². The van der Waals surface area contributed by atoms with Gasteiger partial charge in [0.2, 0.25) is 0 Å². The highest BCUT2D eigenvalue weighted by atomic mass is 32.2. The van der Waals surface area contributed by atoms with Crippen LogP contribution in [-0.4, -0.2) is 55.9 Å². The fourth-order valence-corrected chi connectivity index (χ4v) is 2.52. The highest BCUT2D eigenvalue weighted by Crippen LogP contribution is 2.15. The molecule has 0 aromatic carbocycles. The van der Waals surface area contributed by atoms with Gasteiger partial charge in [0.1, 0.15) is 0 Å². The average molecular weight is 220 g/mol. The lowest BCUT2D eigenvalue weighted by Crippen LogP contribution is -2.55. The Balaban J connectivity index is 2.10. The third kappa shape index (κ3) is 1.56. The van der Waals surface area contributed by atoms with Crippen molar-refractivity contribution in [2.24, 2.45) is 5.14 Å². The zero-order chi connectivity index (χ0) is 10.3. The molecule has 1 atom stereocenters. The van der Waals surface area contributed by atoms with Crippen LogP contribution in [0.2, 0.25) is 0 Å². The van der Waals surface area contributed by atoms with Crippen molar-refractivity contribution in [1.29, 1.82) is 0 Å². The van der Waals surface area contributed by atoms with Gasteiger partial charge in [0.05, 0.1) is 6.04 Å². The number of fused-ring (bicyclic) bond motifs is 1. The summed E-state index contributed by atoms with van der Waals surface area (Å²) >= 11 is 0. The van der Waals surface area contributed by atoms with Crippen molar-refractivity contribution < 1.29 is 13.2 Å². The lowest BCUT2D eigenvalue weighted by Gasteiger charge is -2.34. The van der Waals surface area contributed by atoms with Crippen LogP contribution >= 0.6 is 0 Å². The van der Waals surface area contributed by atoms with Gasteiger partial charge >= 0.3 is 6.03 Å². The highest BCUT2D eigenvalue weighted by Gasteiger charge is 2.38. The minimum Gasteiger partial charge on any atom is -0.336 e. The number of urea groups is 1. The number of hydrogen-bond donors (Lipinski definition) is 2. The van der Waals surface area contributed by atoms with E-state index in [0.29, 0.717) is 13.1 Å². The number of rotatable bonds is 1. The first kappa shape index (κ1) is 9.69. The minimum absolute atomic E-state index is 0.0745. The molecule has 2 heterocycles. The summed E-state index contributed by atoms with van der Waals surface area (Å²) in [5.74, 6) is 0. The molecule has 0 radical (unpaired) electrons. The lowest BCUT2D eigenvalue weighted by atomic mass is 10.2. The molecular weight excluding hydrogens is 208 g/mol. The quantitative estimate of drug-likeness (QED) is 0.530. The first-order valence-corrected chi connectivity index (χ1v) is 5.81. The predicted molar refractivity (Wildman–Crippen MR) is 48.6 cm³/mol. The molecule has 2 aliphatic rings. The molecule has 14 heavy (non-hydrogen) atoms. The number of nitrogens with one attached hydrogen (secondary N) is 1. The van der Waals surface area contributed by atoms with Crippen molar-refractivity contribution >= 4 is 16.2 Å². The van der Waals surface area contributed by atoms with Gasteiger partial charge in [-0.3, -0.25) is 0 Å². The molecule has 80 valence electrons. The number of piperazine rings is 1. The van der Waals surface area contributed by atoms with Crippen LogP contribution in [0, 0.1) is 0 Å². The third-order valence-corrected chi connectivity index (χ3v) is 3.61. The van der Waals surface area contributed by atoms with E-state index in [9.17, 15) is 13.2 Å². The number of carbonyl (C=O) groups excluding carboxylic acids is 1. The van der Waals surface area contributed by atoms with Gasteiger partial charge in [-0.1, -0.05) is 0 Å². The summed E-state index contributed by atoms with van der Waals surface area (Å²) in [5.41, 5.74) is 0. The fourth-order valence-electron chi connectivity index (χ4n) is 1.81. The predicted octanol–water partition coefficient (Wildman–Crippen LogP) is -2.10. The molecular formula is C6H12N4O3S. The van der Waals surface area contributed by atoms with Crippen molar-refractivity contribution in [2.45, 2.75) is 6.04 Å². The first-order valence-electron chi connectivity index (χ1n) is 4.31. The summed E-state index contributed by atoms with van der Waals surface area (Å²) < 4.78 is 23.3. The van der Waals surface area contributed by atoms with Crippen molar-refractivity contribution in [1.82, 2.24) is 14.5 Å². The first-order chi connectivity index (χ1) is 6.48. The Kier molecular flexibility index (Phi) is 2.13. The van der Waals surface area contributed by atoms with Gasteiger partial charge < -0.3 is 10.2 Å². The van der Waals surface area contributed by atoms with Crippen LogP contribution in [0.15, 0.2) is 0 Å². The smallest absolute Gasteiger partial charge is 0.317 e. The second-order valence-corrected chi connectivity index (χ2v) is 4.98. The molecule has 0 saturated carbocycles. The molecule has 0 aromatic heterocycles. The van der Waals surface area contributed by atoms with Crippen LogP contribution in [-0.2, 0) is 10.2 Å². The summed E-state index contributed by atoms with van der Waals surface area (Å²) in [6.07, 6.45) is 0. The molecule has 3 N–H and O–H groups in total. The number of carbonyl (C=O) groups is 1. The summed E-state index contributed by atoms with van der Waals surface area (Å²) in [5, 5.41) is 7.66. The average Bonchev–Trinajstić information content (AvgIpc) is 2.46. The van der Waals surface area contributed by atoms with E-state index in [1.54, 1.807) is 4.90 Å².